The number of aryl methyl sites for hydroxylation is 1. The molecule has 1 aliphatic carbocycles. The molecule has 0 N–H and O–H groups in total. The zero-order chi connectivity index (χ0) is 22.8. The molecule has 0 aliphatic heterocycles. The first kappa shape index (κ1) is 21.4. The van der Waals surface area contributed by atoms with Gasteiger partial charge in [-0.3, -0.25) is 4.99 Å². The molecule has 3 nitrogen and oxygen atoms in total. The van der Waals surface area contributed by atoms with Gasteiger partial charge in [-0.2, -0.15) is 0 Å². The summed E-state index contributed by atoms with van der Waals surface area (Å²) in [6.45, 7) is 4.34. The van der Waals surface area contributed by atoms with Crippen molar-refractivity contribution in [3.8, 4) is 0 Å². The van der Waals surface area contributed by atoms with Crippen LogP contribution in [-0.2, 0) is 0 Å². The summed E-state index contributed by atoms with van der Waals surface area (Å²) < 4.78 is 6.29. The van der Waals surface area contributed by atoms with Crippen molar-refractivity contribution >= 4 is 39.4 Å². The van der Waals surface area contributed by atoms with Crippen LogP contribution in [0.5, 0.6) is 0 Å². The van der Waals surface area contributed by atoms with Gasteiger partial charge in [-0.05, 0) is 78.7 Å². The van der Waals surface area contributed by atoms with Gasteiger partial charge in [0, 0.05) is 35.8 Å². The highest BCUT2D eigenvalue weighted by molar-refractivity contribution is 6.10. The average molecular weight is 435 g/mol. The highest BCUT2D eigenvalue weighted by Crippen LogP contribution is 2.39. The molecule has 0 unspecified atom stereocenters. The van der Waals surface area contributed by atoms with Crippen molar-refractivity contribution in [1.29, 1.82) is 0 Å². The number of nitrogens with zero attached hydrogens (tertiary/aromatic N) is 2. The highest BCUT2D eigenvalue weighted by atomic mass is 16.3. The van der Waals surface area contributed by atoms with E-state index in [0.717, 1.165) is 27.8 Å². The van der Waals surface area contributed by atoms with E-state index in [0.29, 0.717) is 5.71 Å². The van der Waals surface area contributed by atoms with Gasteiger partial charge in [-0.25, -0.2) is 4.98 Å². The molecule has 1 aliphatic rings. The monoisotopic (exact) mass is 434 g/mol. The van der Waals surface area contributed by atoms with Crippen LogP contribution in [0, 0.1) is 6.92 Å². The molecule has 1 fully saturated rings. The Morgan fingerprint density at radius 2 is 1.82 bits per heavy atom. The van der Waals surface area contributed by atoms with Gasteiger partial charge in [0.05, 0.1) is 0 Å². The maximum Gasteiger partial charge on any atom is 0.227 e. The Balaban J connectivity index is 1.68. The Kier molecular flexibility index (Phi) is 5.95. The zero-order valence-electron chi connectivity index (χ0n) is 19.6. The Bertz CT molecular complexity index is 1380. The Morgan fingerprint density at radius 1 is 1.03 bits per heavy atom. The molecular formula is C30H30N2O. The van der Waals surface area contributed by atoms with Gasteiger partial charge in [-0.15, -0.1) is 0 Å². The Morgan fingerprint density at radius 3 is 2.58 bits per heavy atom. The van der Waals surface area contributed by atoms with Gasteiger partial charge < -0.3 is 4.42 Å². The number of hydrogen-bond acceptors (Lipinski definition) is 3. The predicted octanol–water partition coefficient (Wildman–Crippen LogP) is 8.13. The molecule has 3 heteroatoms. The number of fused-ring (bicyclic) bond motifs is 3. The van der Waals surface area contributed by atoms with Crippen molar-refractivity contribution in [2.24, 2.45) is 4.99 Å². The van der Waals surface area contributed by atoms with E-state index < -0.39 is 0 Å². The summed E-state index contributed by atoms with van der Waals surface area (Å²) in [6, 6.07) is 17.5. The lowest BCUT2D eigenvalue weighted by molar-refractivity contribution is 0.652. The smallest absolute Gasteiger partial charge is 0.227 e. The Hall–Kier alpha value is -3.46. The summed E-state index contributed by atoms with van der Waals surface area (Å²) in [5, 5.41) is 2.16. The minimum Gasteiger partial charge on any atom is -0.437 e. The molecule has 0 radical (unpaired) electrons. The fourth-order valence-corrected chi connectivity index (χ4v) is 5.23. The number of aliphatic imine (C=N–C) groups is 1. The summed E-state index contributed by atoms with van der Waals surface area (Å²) in [5.74, 6) is 0.717. The largest absolute Gasteiger partial charge is 0.437 e. The zero-order valence-corrected chi connectivity index (χ0v) is 19.6. The number of benzene rings is 2. The maximum absolute atomic E-state index is 6.29. The molecule has 0 atom stereocenters. The maximum atomic E-state index is 6.29. The van der Waals surface area contributed by atoms with Crippen LogP contribution >= 0.6 is 0 Å². The molecule has 33 heavy (non-hydrogen) atoms. The third kappa shape index (κ3) is 4.04. The number of pyridine rings is 1. The third-order valence-electron chi connectivity index (χ3n) is 6.95. The minimum absolute atomic E-state index is 0.684. The van der Waals surface area contributed by atoms with E-state index in [1.807, 2.05) is 18.4 Å². The Labute approximate surface area is 195 Å². The van der Waals surface area contributed by atoms with Crippen molar-refractivity contribution in [2.75, 3.05) is 7.05 Å². The molecule has 2 heterocycles. The van der Waals surface area contributed by atoms with Crippen LogP contribution in [0.25, 0.3) is 33.2 Å². The third-order valence-corrected chi connectivity index (χ3v) is 6.95. The van der Waals surface area contributed by atoms with E-state index in [2.05, 4.69) is 72.4 Å². The first-order valence-corrected chi connectivity index (χ1v) is 11.8. The predicted molar refractivity (Wildman–Crippen MR) is 140 cm³/mol. The molecule has 5 rings (SSSR count). The van der Waals surface area contributed by atoms with Crippen LogP contribution in [0.4, 0.5) is 0 Å². The van der Waals surface area contributed by atoms with Crippen LogP contribution in [0.15, 0.2) is 76.3 Å². The second-order valence-electron chi connectivity index (χ2n) is 9.00. The fourth-order valence-electron chi connectivity index (χ4n) is 5.23. The molecule has 0 amide bonds. The minimum atomic E-state index is 0.684. The molecule has 0 bridgehead atoms. The molecule has 0 saturated heterocycles. The number of aromatic nitrogens is 1. The summed E-state index contributed by atoms with van der Waals surface area (Å²) >= 11 is 0. The molecule has 2 aromatic carbocycles. The van der Waals surface area contributed by atoms with Crippen molar-refractivity contribution < 1.29 is 4.42 Å². The van der Waals surface area contributed by atoms with Gasteiger partial charge in [-0.1, -0.05) is 55.3 Å². The van der Waals surface area contributed by atoms with Crippen molar-refractivity contribution in [2.45, 2.75) is 45.4 Å². The lowest BCUT2D eigenvalue weighted by atomic mass is 9.90. The van der Waals surface area contributed by atoms with Gasteiger partial charge >= 0.3 is 0 Å². The lowest BCUT2D eigenvalue weighted by Crippen LogP contribution is -1.95. The lowest BCUT2D eigenvalue weighted by Gasteiger charge is -2.15. The van der Waals surface area contributed by atoms with E-state index in [9.17, 15) is 0 Å². The van der Waals surface area contributed by atoms with Crippen LogP contribution in [-0.4, -0.2) is 18.2 Å². The van der Waals surface area contributed by atoms with Gasteiger partial charge in [0.15, 0.2) is 0 Å². The topological polar surface area (TPSA) is 38.4 Å². The SMILES string of the molecule is CN=C/C=C\C(=C(/C)c1c(C)ccc2c1oc1ncccc12)c1ccc(C2CCCC2)cc1. The molecule has 1 saturated carbocycles. The fraction of sp³-hybridized carbons (Fsp3) is 0.267. The molecule has 166 valence electrons. The van der Waals surface area contributed by atoms with Gasteiger partial charge in [0.2, 0.25) is 5.71 Å². The van der Waals surface area contributed by atoms with Crippen LogP contribution < -0.4 is 0 Å². The van der Waals surface area contributed by atoms with E-state index in [1.165, 1.54) is 53.5 Å². The first-order chi connectivity index (χ1) is 16.2. The molecule has 2 aromatic heterocycles. The molecule has 0 spiro atoms. The summed E-state index contributed by atoms with van der Waals surface area (Å²) in [7, 11) is 1.79. The summed E-state index contributed by atoms with van der Waals surface area (Å²) in [5.41, 5.74) is 8.95. The molecule has 4 aromatic rings. The van der Waals surface area contributed by atoms with E-state index >= 15 is 0 Å². The highest BCUT2D eigenvalue weighted by Gasteiger charge is 2.19. The average Bonchev–Trinajstić information content (AvgIpc) is 3.50. The number of furan rings is 1. The van der Waals surface area contributed by atoms with Crippen molar-refractivity contribution in [3.05, 3.63) is 89.1 Å². The van der Waals surface area contributed by atoms with Gasteiger partial charge in [0.25, 0.3) is 0 Å². The summed E-state index contributed by atoms with van der Waals surface area (Å²) in [6.07, 6.45) is 13.1. The van der Waals surface area contributed by atoms with Gasteiger partial charge in [0.1, 0.15) is 5.58 Å². The molecular weight excluding hydrogens is 404 g/mol. The summed E-state index contributed by atoms with van der Waals surface area (Å²) in [4.78, 5) is 8.58. The first-order valence-electron chi connectivity index (χ1n) is 11.8. The normalized spacial score (nSPS) is 16.0. The van der Waals surface area contributed by atoms with Crippen LogP contribution in [0.3, 0.4) is 0 Å². The number of hydrogen-bond donors (Lipinski definition) is 0. The number of rotatable bonds is 5. The quantitative estimate of drug-likeness (QED) is 0.181. The van der Waals surface area contributed by atoms with E-state index in [4.69, 9.17) is 4.42 Å². The van der Waals surface area contributed by atoms with Crippen LogP contribution in [0.1, 0.15) is 60.8 Å². The number of allylic oxidation sites excluding steroid dienone is 4. The van der Waals surface area contributed by atoms with Crippen LogP contribution in [0.2, 0.25) is 0 Å². The second kappa shape index (κ2) is 9.19. The standard InChI is InChI=1S/C30H30N2O/c1-20-12-17-26-27-11-7-19-32-30(27)33-29(26)28(20)21(2)25(10-6-18-31-3)24-15-13-23(14-16-24)22-8-4-5-9-22/h6-7,10-19,22H,4-5,8-9H2,1-3H3/b10-6-,25-21-,31-18?. The van der Waals surface area contributed by atoms with Crippen molar-refractivity contribution in [3.63, 3.8) is 0 Å². The van der Waals surface area contributed by atoms with E-state index in [1.54, 1.807) is 13.2 Å². The van der Waals surface area contributed by atoms with E-state index in [-0.39, 0.29) is 0 Å². The van der Waals surface area contributed by atoms with Crippen molar-refractivity contribution in [1.82, 2.24) is 4.98 Å². The second-order valence-corrected chi connectivity index (χ2v) is 9.00.